The fourth-order valence-corrected chi connectivity index (χ4v) is 3.78. The number of hydrogen-bond donors (Lipinski definition) is 2. The smallest absolute Gasteiger partial charge is 0.273 e. The predicted octanol–water partition coefficient (Wildman–Crippen LogP) is 4.56. The number of nitrogens with zero attached hydrogens (tertiary/aromatic N) is 1. The highest BCUT2D eigenvalue weighted by atomic mass is 35.5. The second kappa shape index (κ2) is 9.09. The van der Waals surface area contributed by atoms with Gasteiger partial charge in [0.05, 0.1) is 22.4 Å². The number of anilines is 1. The molecule has 0 aliphatic rings. The van der Waals surface area contributed by atoms with Crippen LogP contribution in [-0.2, 0) is 10.0 Å². The molecule has 0 fully saturated rings. The van der Waals surface area contributed by atoms with Gasteiger partial charge < -0.3 is 0 Å². The summed E-state index contributed by atoms with van der Waals surface area (Å²) in [5.41, 5.74) is 3.23. The second-order valence-corrected chi connectivity index (χ2v) is 8.35. The first-order valence-corrected chi connectivity index (χ1v) is 10.6. The van der Waals surface area contributed by atoms with E-state index in [4.69, 9.17) is 23.2 Å². The Morgan fingerprint density at radius 3 is 2.28 bits per heavy atom. The molecule has 3 aromatic carbocycles. The average Bonchev–Trinajstić information content (AvgIpc) is 2.70. The number of benzene rings is 3. The lowest BCUT2D eigenvalue weighted by atomic mass is 10.2. The Morgan fingerprint density at radius 1 is 0.897 bits per heavy atom. The summed E-state index contributed by atoms with van der Waals surface area (Å²) in [7, 11) is -3.90. The van der Waals surface area contributed by atoms with Crippen molar-refractivity contribution in [1.29, 1.82) is 0 Å². The minimum atomic E-state index is -3.90. The third-order valence-electron chi connectivity index (χ3n) is 3.81. The molecule has 29 heavy (non-hydrogen) atoms. The highest BCUT2D eigenvalue weighted by Crippen LogP contribution is 2.21. The number of amides is 1. The molecule has 0 saturated carbocycles. The van der Waals surface area contributed by atoms with Crippen molar-refractivity contribution in [1.82, 2.24) is 5.43 Å². The number of rotatable bonds is 6. The molecule has 0 atom stereocenters. The van der Waals surface area contributed by atoms with Crippen molar-refractivity contribution >= 4 is 51.0 Å². The Labute approximate surface area is 178 Å². The Bertz CT molecular complexity index is 1160. The van der Waals surface area contributed by atoms with Gasteiger partial charge in [-0.15, -0.1) is 0 Å². The van der Waals surface area contributed by atoms with Crippen molar-refractivity contribution in [2.45, 2.75) is 4.90 Å². The van der Waals surface area contributed by atoms with Crippen LogP contribution in [0.1, 0.15) is 15.9 Å². The van der Waals surface area contributed by atoms with Gasteiger partial charge in [-0.2, -0.15) is 5.10 Å². The van der Waals surface area contributed by atoms with E-state index in [1.165, 1.54) is 42.6 Å². The van der Waals surface area contributed by atoms with E-state index in [0.717, 1.165) is 0 Å². The Morgan fingerprint density at radius 2 is 1.55 bits per heavy atom. The molecule has 0 aliphatic carbocycles. The molecule has 0 aromatic heterocycles. The fraction of sp³-hybridized carbons (Fsp3) is 0. The van der Waals surface area contributed by atoms with Gasteiger partial charge in [0.1, 0.15) is 0 Å². The summed E-state index contributed by atoms with van der Waals surface area (Å²) in [6.45, 7) is 0. The SMILES string of the molecule is O=C(NN=Cc1ccccc1Cl)c1ccccc1NS(=O)(=O)c1ccc(Cl)cc1. The van der Waals surface area contributed by atoms with Crippen molar-refractivity contribution in [2.75, 3.05) is 4.72 Å². The largest absolute Gasteiger partial charge is 0.279 e. The fourth-order valence-electron chi connectivity index (χ4n) is 2.39. The first-order chi connectivity index (χ1) is 13.9. The van der Waals surface area contributed by atoms with Gasteiger partial charge in [0.15, 0.2) is 0 Å². The van der Waals surface area contributed by atoms with Gasteiger partial charge in [-0.25, -0.2) is 13.8 Å². The Kier molecular flexibility index (Phi) is 6.53. The third-order valence-corrected chi connectivity index (χ3v) is 5.79. The molecule has 3 rings (SSSR count). The second-order valence-electron chi connectivity index (χ2n) is 5.83. The van der Waals surface area contributed by atoms with Crippen LogP contribution < -0.4 is 10.1 Å². The molecule has 0 radical (unpaired) electrons. The number of nitrogens with one attached hydrogen (secondary N) is 2. The maximum Gasteiger partial charge on any atom is 0.273 e. The summed E-state index contributed by atoms with van der Waals surface area (Å²) < 4.78 is 27.6. The summed E-state index contributed by atoms with van der Waals surface area (Å²) in [5.74, 6) is -0.581. The topological polar surface area (TPSA) is 87.6 Å². The third kappa shape index (κ3) is 5.35. The predicted molar refractivity (Wildman–Crippen MR) is 115 cm³/mol. The van der Waals surface area contributed by atoms with Gasteiger partial charge in [-0.05, 0) is 42.5 Å². The molecule has 0 unspecified atom stereocenters. The lowest BCUT2D eigenvalue weighted by Crippen LogP contribution is -2.21. The molecule has 0 spiro atoms. The van der Waals surface area contributed by atoms with Gasteiger partial charge in [-0.3, -0.25) is 9.52 Å². The molecule has 2 N–H and O–H groups in total. The number of carbonyl (C=O) groups excluding carboxylic acids is 1. The van der Waals surface area contributed by atoms with Gasteiger partial charge in [0.2, 0.25) is 0 Å². The van der Waals surface area contributed by atoms with Crippen LogP contribution in [-0.4, -0.2) is 20.5 Å². The maximum atomic E-state index is 12.6. The van der Waals surface area contributed by atoms with Crippen molar-refractivity contribution in [3.8, 4) is 0 Å². The van der Waals surface area contributed by atoms with Crippen LogP contribution in [0.4, 0.5) is 5.69 Å². The molecular weight excluding hydrogens is 433 g/mol. The van der Waals surface area contributed by atoms with Crippen LogP contribution in [0.3, 0.4) is 0 Å². The van der Waals surface area contributed by atoms with Crippen molar-refractivity contribution < 1.29 is 13.2 Å². The highest BCUT2D eigenvalue weighted by Gasteiger charge is 2.18. The monoisotopic (exact) mass is 447 g/mol. The van der Waals surface area contributed by atoms with E-state index >= 15 is 0 Å². The van der Waals surface area contributed by atoms with Crippen molar-refractivity contribution in [2.24, 2.45) is 5.10 Å². The van der Waals surface area contributed by atoms with E-state index in [9.17, 15) is 13.2 Å². The first-order valence-electron chi connectivity index (χ1n) is 8.32. The number of halogens is 2. The van der Waals surface area contributed by atoms with E-state index in [0.29, 0.717) is 15.6 Å². The van der Waals surface area contributed by atoms with Gasteiger partial charge in [0, 0.05) is 15.6 Å². The van der Waals surface area contributed by atoms with E-state index < -0.39 is 15.9 Å². The van der Waals surface area contributed by atoms with Crippen LogP contribution in [0.5, 0.6) is 0 Å². The van der Waals surface area contributed by atoms with E-state index in [1.807, 2.05) is 0 Å². The number of hydrogen-bond acceptors (Lipinski definition) is 4. The summed E-state index contributed by atoms with van der Waals surface area (Å²) in [4.78, 5) is 12.5. The number of sulfonamides is 1. The molecule has 0 heterocycles. The number of hydrazone groups is 1. The van der Waals surface area contributed by atoms with Crippen molar-refractivity contribution in [3.05, 3.63) is 94.0 Å². The van der Waals surface area contributed by atoms with E-state index in [1.54, 1.807) is 36.4 Å². The zero-order valence-corrected chi connectivity index (χ0v) is 17.2. The first kappa shape index (κ1) is 20.9. The summed E-state index contributed by atoms with van der Waals surface area (Å²) in [5, 5.41) is 4.79. The quantitative estimate of drug-likeness (QED) is 0.428. The molecule has 148 valence electrons. The highest BCUT2D eigenvalue weighted by molar-refractivity contribution is 7.92. The summed E-state index contributed by atoms with van der Waals surface area (Å²) in [6, 6.07) is 18.9. The molecule has 6 nitrogen and oxygen atoms in total. The minimum Gasteiger partial charge on any atom is -0.279 e. The minimum absolute atomic E-state index is 0.0221. The molecule has 3 aromatic rings. The average molecular weight is 448 g/mol. The number of para-hydroxylation sites is 1. The zero-order valence-electron chi connectivity index (χ0n) is 14.8. The molecule has 1 amide bonds. The summed E-state index contributed by atoms with van der Waals surface area (Å²) in [6.07, 6.45) is 1.40. The van der Waals surface area contributed by atoms with Gasteiger partial charge in [-0.1, -0.05) is 53.5 Å². The molecule has 0 saturated heterocycles. The molecule has 9 heteroatoms. The molecule has 0 bridgehead atoms. The summed E-state index contributed by atoms with van der Waals surface area (Å²) >= 11 is 11.8. The normalized spacial score (nSPS) is 11.4. The van der Waals surface area contributed by atoms with Crippen molar-refractivity contribution in [3.63, 3.8) is 0 Å². The number of carbonyl (C=O) groups is 1. The maximum absolute atomic E-state index is 12.6. The molecular formula is C20H15Cl2N3O3S. The lowest BCUT2D eigenvalue weighted by molar-refractivity contribution is 0.0956. The van der Waals surface area contributed by atoms with Gasteiger partial charge in [0.25, 0.3) is 15.9 Å². The van der Waals surface area contributed by atoms with E-state index in [2.05, 4.69) is 15.2 Å². The van der Waals surface area contributed by atoms with E-state index in [-0.39, 0.29) is 16.1 Å². The Hall–Kier alpha value is -2.87. The lowest BCUT2D eigenvalue weighted by Gasteiger charge is -2.11. The van der Waals surface area contributed by atoms with Crippen LogP contribution in [0.2, 0.25) is 10.0 Å². The van der Waals surface area contributed by atoms with Crippen LogP contribution in [0.25, 0.3) is 0 Å². The Balaban J connectivity index is 1.78. The van der Waals surface area contributed by atoms with Gasteiger partial charge >= 0.3 is 0 Å². The zero-order chi connectivity index (χ0) is 20.9. The molecule has 0 aliphatic heterocycles. The van der Waals surface area contributed by atoms with Crippen LogP contribution >= 0.6 is 23.2 Å². The van der Waals surface area contributed by atoms with Crippen LogP contribution in [0.15, 0.2) is 82.8 Å². The standard InChI is InChI=1S/C20H15Cl2N3O3S/c21-15-9-11-16(12-10-15)29(27,28)25-19-8-4-2-6-17(19)20(26)24-23-13-14-5-1-3-7-18(14)22/h1-13,25H,(H,24,26). The van der Waals surface area contributed by atoms with Crippen LogP contribution in [0, 0.1) is 0 Å².